The molecule has 2 rings (SSSR count). The maximum Gasteiger partial charge on any atom is 0.216 e. The summed E-state index contributed by atoms with van der Waals surface area (Å²) in [6.07, 6.45) is 0.0316. The Kier molecular flexibility index (Phi) is 12.0. The molecule has 8 nitrogen and oxygen atoms in total. The van der Waals surface area contributed by atoms with E-state index < -0.39 is 10.0 Å². The van der Waals surface area contributed by atoms with E-state index in [4.69, 9.17) is 14.5 Å². The van der Waals surface area contributed by atoms with E-state index in [1.807, 2.05) is 45.0 Å². The van der Waals surface area contributed by atoms with Crippen molar-refractivity contribution in [1.82, 2.24) is 14.5 Å². The van der Waals surface area contributed by atoms with Gasteiger partial charge in [-0.3, -0.25) is 0 Å². The van der Waals surface area contributed by atoms with Crippen molar-refractivity contribution >= 4 is 40.0 Å². The van der Waals surface area contributed by atoms with Gasteiger partial charge in [0.2, 0.25) is 10.0 Å². The second-order valence-corrected chi connectivity index (χ2v) is 9.19. The topological polar surface area (TPSA) is 83.5 Å². The zero-order valence-corrected chi connectivity index (χ0v) is 21.5. The third-order valence-corrected chi connectivity index (χ3v) is 6.49. The molecule has 172 valence electrons. The van der Waals surface area contributed by atoms with Gasteiger partial charge >= 0.3 is 0 Å². The maximum absolute atomic E-state index is 12.5. The lowest BCUT2D eigenvalue weighted by molar-refractivity contribution is 0.0904. The summed E-state index contributed by atoms with van der Waals surface area (Å²) in [5.41, 5.74) is 1.01. The number of hydrogen-bond donors (Lipinski definition) is 1. The number of aliphatic imine (C=N–C) groups is 1. The van der Waals surface area contributed by atoms with Crippen LogP contribution in [0.3, 0.4) is 0 Å². The molecule has 30 heavy (non-hydrogen) atoms. The van der Waals surface area contributed by atoms with Gasteiger partial charge in [0.05, 0.1) is 32.1 Å². The Morgan fingerprint density at radius 1 is 1.20 bits per heavy atom. The smallest absolute Gasteiger partial charge is 0.216 e. The molecule has 0 unspecified atom stereocenters. The van der Waals surface area contributed by atoms with Crippen LogP contribution in [0, 0.1) is 0 Å². The van der Waals surface area contributed by atoms with Gasteiger partial charge in [-0.1, -0.05) is 18.2 Å². The van der Waals surface area contributed by atoms with E-state index in [1.54, 1.807) is 11.4 Å². The van der Waals surface area contributed by atoms with Crippen LogP contribution in [0.2, 0.25) is 0 Å². The fourth-order valence-corrected chi connectivity index (χ4v) is 4.40. The number of rotatable bonds is 9. The highest BCUT2D eigenvalue weighted by molar-refractivity contribution is 14.0. The first-order valence-electron chi connectivity index (χ1n) is 10.1. The van der Waals surface area contributed by atoms with Crippen LogP contribution >= 0.6 is 24.0 Å². The lowest BCUT2D eigenvalue weighted by Crippen LogP contribution is -2.54. The fourth-order valence-electron chi connectivity index (χ4n) is 3.12. The van der Waals surface area contributed by atoms with Gasteiger partial charge in [0, 0.05) is 38.3 Å². The van der Waals surface area contributed by atoms with Gasteiger partial charge in [-0.05, 0) is 26.8 Å². The molecule has 0 aliphatic carbocycles. The quantitative estimate of drug-likeness (QED) is 0.286. The first-order valence-corrected chi connectivity index (χ1v) is 11.7. The molecule has 1 aliphatic heterocycles. The number of guanidine groups is 1. The summed E-state index contributed by atoms with van der Waals surface area (Å²) in [5.74, 6) is 1.62. The van der Waals surface area contributed by atoms with Crippen LogP contribution in [0.1, 0.15) is 26.3 Å². The van der Waals surface area contributed by atoms with Gasteiger partial charge in [-0.15, -0.1) is 24.0 Å². The van der Waals surface area contributed by atoms with E-state index in [9.17, 15) is 8.42 Å². The van der Waals surface area contributed by atoms with Crippen molar-refractivity contribution in [2.45, 2.75) is 33.4 Å². The van der Waals surface area contributed by atoms with Gasteiger partial charge in [0.25, 0.3) is 0 Å². The van der Waals surface area contributed by atoms with Crippen molar-refractivity contribution in [3.05, 3.63) is 29.8 Å². The lowest BCUT2D eigenvalue weighted by Gasteiger charge is -2.36. The van der Waals surface area contributed by atoms with E-state index >= 15 is 0 Å². The van der Waals surface area contributed by atoms with Crippen molar-refractivity contribution < 1.29 is 17.9 Å². The first kappa shape index (κ1) is 26.9. The third-order valence-electron chi connectivity index (χ3n) is 4.65. The molecule has 1 aromatic carbocycles. The molecular formula is C20H35IN4O4S. The van der Waals surface area contributed by atoms with Crippen molar-refractivity contribution in [3.63, 3.8) is 0 Å². The molecule has 1 aromatic rings. The van der Waals surface area contributed by atoms with Gasteiger partial charge in [0.15, 0.2) is 5.96 Å². The van der Waals surface area contributed by atoms with Crippen LogP contribution in [0.4, 0.5) is 0 Å². The summed E-state index contributed by atoms with van der Waals surface area (Å²) >= 11 is 0. The predicted molar refractivity (Wildman–Crippen MR) is 131 cm³/mol. The van der Waals surface area contributed by atoms with Crippen LogP contribution in [0.25, 0.3) is 0 Å². The number of nitrogens with one attached hydrogen (secondary N) is 1. The number of hydrogen-bond acceptors (Lipinski definition) is 5. The van der Waals surface area contributed by atoms with Crippen molar-refractivity contribution in [1.29, 1.82) is 0 Å². The Bertz CT molecular complexity index is 766. The Morgan fingerprint density at radius 2 is 1.87 bits per heavy atom. The summed E-state index contributed by atoms with van der Waals surface area (Å²) in [6.45, 7) is 9.39. The second kappa shape index (κ2) is 13.3. The number of piperazine rings is 1. The maximum atomic E-state index is 12.5. The Balaban J connectivity index is 0.00000450. The van der Waals surface area contributed by atoms with E-state index in [0.29, 0.717) is 32.7 Å². The molecule has 10 heteroatoms. The average molecular weight is 554 g/mol. The SMILES string of the molecule is CCNC(=NCc1ccccc1OC)N1CCN(S(=O)(=O)CCOC(C)C)CC1.I. The van der Waals surface area contributed by atoms with E-state index in [1.165, 1.54) is 0 Å². The normalized spacial score (nSPS) is 15.8. The Labute approximate surface area is 198 Å². The number of para-hydroxylation sites is 1. The summed E-state index contributed by atoms with van der Waals surface area (Å²) < 4.78 is 37.4. The number of benzene rings is 1. The fraction of sp³-hybridized carbons (Fsp3) is 0.650. The molecule has 1 fully saturated rings. The van der Waals surface area contributed by atoms with Crippen LogP contribution < -0.4 is 10.1 Å². The number of halogens is 1. The molecule has 1 aliphatic rings. The molecule has 1 saturated heterocycles. The molecule has 0 saturated carbocycles. The third kappa shape index (κ3) is 8.20. The molecule has 0 bridgehead atoms. The van der Waals surface area contributed by atoms with E-state index in [-0.39, 0.29) is 42.4 Å². The number of sulfonamides is 1. The standard InChI is InChI=1S/C20H34N4O4S.HI/c1-5-21-20(22-16-18-8-6-7-9-19(18)27-4)23-10-12-24(13-11-23)29(25,26)15-14-28-17(2)3;/h6-9,17H,5,10-16H2,1-4H3,(H,21,22);1H. The van der Waals surface area contributed by atoms with Crippen LogP contribution in [-0.4, -0.2) is 81.9 Å². The van der Waals surface area contributed by atoms with Crippen LogP contribution in [0.5, 0.6) is 5.75 Å². The largest absolute Gasteiger partial charge is 0.496 e. The van der Waals surface area contributed by atoms with E-state index in [2.05, 4.69) is 10.2 Å². The highest BCUT2D eigenvalue weighted by Crippen LogP contribution is 2.18. The zero-order chi connectivity index (χ0) is 21.3. The van der Waals surface area contributed by atoms with Crippen molar-refractivity contribution in [3.8, 4) is 5.75 Å². The molecule has 0 amide bonds. The highest BCUT2D eigenvalue weighted by atomic mass is 127. The van der Waals surface area contributed by atoms with Gasteiger partial charge < -0.3 is 19.7 Å². The summed E-state index contributed by atoms with van der Waals surface area (Å²) in [6, 6.07) is 7.82. The molecule has 0 radical (unpaired) electrons. The monoisotopic (exact) mass is 554 g/mol. The van der Waals surface area contributed by atoms with Crippen molar-refractivity contribution in [2.24, 2.45) is 4.99 Å². The molecule has 0 aromatic heterocycles. The minimum Gasteiger partial charge on any atom is -0.496 e. The molecule has 0 atom stereocenters. The van der Waals surface area contributed by atoms with Crippen LogP contribution in [-0.2, 0) is 21.3 Å². The van der Waals surface area contributed by atoms with Gasteiger partial charge in [-0.2, -0.15) is 4.31 Å². The average Bonchev–Trinajstić information content (AvgIpc) is 2.71. The first-order chi connectivity index (χ1) is 13.9. The Hall–Kier alpha value is -1.11. The lowest BCUT2D eigenvalue weighted by atomic mass is 10.2. The summed E-state index contributed by atoms with van der Waals surface area (Å²) in [5, 5.41) is 3.31. The minimum absolute atomic E-state index is 0. The van der Waals surface area contributed by atoms with Crippen molar-refractivity contribution in [2.75, 3.05) is 52.2 Å². The molecule has 1 N–H and O–H groups in total. The zero-order valence-electron chi connectivity index (χ0n) is 18.3. The van der Waals surface area contributed by atoms with E-state index in [0.717, 1.165) is 23.8 Å². The second-order valence-electron chi connectivity index (χ2n) is 7.10. The summed E-state index contributed by atoms with van der Waals surface area (Å²) in [4.78, 5) is 6.84. The van der Waals surface area contributed by atoms with Gasteiger partial charge in [-0.25, -0.2) is 13.4 Å². The molecule has 1 heterocycles. The van der Waals surface area contributed by atoms with Crippen LogP contribution in [0.15, 0.2) is 29.3 Å². The highest BCUT2D eigenvalue weighted by Gasteiger charge is 2.28. The molecular weight excluding hydrogens is 519 g/mol. The molecule has 0 spiro atoms. The number of nitrogens with zero attached hydrogens (tertiary/aromatic N) is 3. The number of ether oxygens (including phenoxy) is 2. The number of methoxy groups -OCH3 is 1. The predicted octanol–water partition coefficient (Wildman–Crippen LogP) is 2.15. The Morgan fingerprint density at radius 3 is 2.47 bits per heavy atom. The summed E-state index contributed by atoms with van der Waals surface area (Å²) in [7, 11) is -1.65. The minimum atomic E-state index is -3.30. The van der Waals surface area contributed by atoms with Gasteiger partial charge in [0.1, 0.15) is 5.75 Å².